The molecule has 0 spiro atoms. The Morgan fingerprint density at radius 1 is 1.00 bits per heavy atom. The molecule has 0 bridgehead atoms. The number of rotatable bonds is 4. The summed E-state index contributed by atoms with van der Waals surface area (Å²) in [6.07, 6.45) is 0.794. The van der Waals surface area contributed by atoms with Gasteiger partial charge < -0.3 is 5.11 Å². The molecule has 0 unspecified atom stereocenters. The topological polar surface area (TPSA) is 38.0 Å². The van der Waals surface area contributed by atoms with Gasteiger partial charge in [0.05, 0.1) is 11.4 Å². The van der Waals surface area contributed by atoms with Crippen molar-refractivity contribution in [3.8, 4) is 22.8 Å². The maximum atomic E-state index is 10.7. The maximum Gasteiger partial charge on any atom is 0.218 e. The lowest BCUT2D eigenvalue weighted by Crippen LogP contribution is -1.97. The zero-order valence-electron chi connectivity index (χ0n) is 13.8. The molecule has 0 saturated carbocycles. The predicted octanol–water partition coefficient (Wildman–Crippen LogP) is 4.75. The van der Waals surface area contributed by atoms with Gasteiger partial charge in [-0.2, -0.15) is 5.10 Å². The van der Waals surface area contributed by atoms with Crippen LogP contribution < -0.4 is 0 Å². The molecule has 0 amide bonds. The van der Waals surface area contributed by atoms with Crippen LogP contribution in [0.2, 0.25) is 0 Å². The third-order valence-electron chi connectivity index (χ3n) is 3.89. The van der Waals surface area contributed by atoms with E-state index in [0.717, 1.165) is 28.9 Å². The average Bonchev–Trinajstić information content (AvgIpc) is 2.86. The van der Waals surface area contributed by atoms with E-state index in [4.69, 9.17) is 5.10 Å². The molecule has 118 valence electrons. The Hall–Kier alpha value is -2.55. The molecule has 3 nitrogen and oxygen atoms in total. The van der Waals surface area contributed by atoms with Crippen LogP contribution in [0, 0.1) is 12.8 Å². The summed E-state index contributed by atoms with van der Waals surface area (Å²) < 4.78 is 1.64. The van der Waals surface area contributed by atoms with Gasteiger partial charge in [-0.15, -0.1) is 0 Å². The van der Waals surface area contributed by atoms with Crippen LogP contribution in [-0.2, 0) is 6.42 Å². The van der Waals surface area contributed by atoms with Gasteiger partial charge in [-0.1, -0.05) is 61.9 Å². The second-order valence-electron chi connectivity index (χ2n) is 6.36. The van der Waals surface area contributed by atoms with E-state index in [2.05, 4.69) is 13.8 Å². The number of hydrogen-bond donors (Lipinski definition) is 1. The normalized spacial score (nSPS) is 11.1. The van der Waals surface area contributed by atoms with Crippen LogP contribution in [0.5, 0.6) is 5.88 Å². The lowest BCUT2D eigenvalue weighted by molar-refractivity contribution is 0.424. The molecular formula is C20H22N2O. The minimum Gasteiger partial charge on any atom is -0.493 e. The average molecular weight is 306 g/mol. The highest BCUT2D eigenvalue weighted by atomic mass is 16.3. The SMILES string of the molecule is Cc1ccc(-n2nc(-c3ccccc3)c(CC(C)C)c2O)cc1. The van der Waals surface area contributed by atoms with Gasteiger partial charge in [0.1, 0.15) is 0 Å². The zero-order valence-corrected chi connectivity index (χ0v) is 13.8. The van der Waals surface area contributed by atoms with E-state index in [1.807, 2.05) is 61.5 Å². The first-order valence-corrected chi connectivity index (χ1v) is 7.99. The van der Waals surface area contributed by atoms with E-state index in [1.165, 1.54) is 5.56 Å². The van der Waals surface area contributed by atoms with E-state index < -0.39 is 0 Å². The van der Waals surface area contributed by atoms with Gasteiger partial charge in [-0.3, -0.25) is 0 Å². The summed E-state index contributed by atoms with van der Waals surface area (Å²) in [7, 11) is 0. The van der Waals surface area contributed by atoms with Crippen LogP contribution in [0.3, 0.4) is 0 Å². The Balaban J connectivity index is 2.15. The molecule has 0 fully saturated rings. The van der Waals surface area contributed by atoms with Crippen molar-refractivity contribution in [2.24, 2.45) is 5.92 Å². The molecule has 1 aromatic heterocycles. The van der Waals surface area contributed by atoms with Gasteiger partial charge in [-0.25, -0.2) is 4.68 Å². The summed E-state index contributed by atoms with van der Waals surface area (Å²) in [4.78, 5) is 0. The van der Waals surface area contributed by atoms with Gasteiger partial charge >= 0.3 is 0 Å². The molecule has 0 aliphatic heterocycles. The summed E-state index contributed by atoms with van der Waals surface area (Å²) in [6.45, 7) is 6.35. The molecule has 1 N–H and O–H groups in total. The molecular weight excluding hydrogens is 284 g/mol. The molecule has 2 aromatic carbocycles. The first-order chi connectivity index (χ1) is 11.1. The number of aryl methyl sites for hydroxylation is 1. The first-order valence-electron chi connectivity index (χ1n) is 7.99. The molecule has 3 heteroatoms. The third kappa shape index (κ3) is 3.14. The largest absolute Gasteiger partial charge is 0.493 e. The zero-order chi connectivity index (χ0) is 16.4. The fourth-order valence-corrected chi connectivity index (χ4v) is 2.73. The number of nitrogens with zero attached hydrogens (tertiary/aromatic N) is 2. The molecule has 3 rings (SSSR count). The Bertz CT molecular complexity index is 787. The number of benzene rings is 2. The monoisotopic (exact) mass is 306 g/mol. The van der Waals surface area contributed by atoms with Crippen LogP contribution >= 0.6 is 0 Å². The Morgan fingerprint density at radius 3 is 2.26 bits per heavy atom. The van der Waals surface area contributed by atoms with Crippen molar-refractivity contribution < 1.29 is 5.11 Å². The van der Waals surface area contributed by atoms with Crippen molar-refractivity contribution in [3.63, 3.8) is 0 Å². The van der Waals surface area contributed by atoms with Crippen molar-refractivity contribution in [1.29, 1.82) is 0 Å². The highest BCUT2D eigenvalue weighted by Crippen LogP contribution is 2.33. The van der Waals surface area contributed by atoms with Crippen molar-refractivity contribution in [2.45, 2.75) is 27.2 Å². The summed E-state index contributed by atoms with van der Waals surface area (Å²) in [6, 6.07) is 18.1. The highest BCUT2D eigenvalue weighted by molar-refractivity contribution is 5.66. The van der Waals surface area contributed by atoms with Gasteiger partial charge in [0.2, 0.25) is 5.88 Å². The van der Waals surface area contributed by atoms with Crippen molar-refractivity contribution in [2.75, 3.05) is 0 Å². The number of aromatic nitrogens is 2. The first kappa shape index (κ1) is 15.3. The lowest BCUT2D eigenvalue weighted by atomic mass is 9.99. The minimum absolute atomic E-state index is 0.237. The Morgan fingerprint density at radius 2 is 1.65 bits per heavy atom. The number of aromatic hydroxyl groups is 1. The standard InChI is InChI=1S/C20H22N2O/c1-14(2)13-18-19(16-7-5-4-6-8-16)21-22(20(18)23)17-11-9-15(3)10-12-17/h4-12,14,23H,13H2,1-3H3. The summed E-state index contributed by atoms with van der Waals surface area (Å²) in [5, 5.41) is 15.4. The fraction of sp³-hybridized carbons (Fsp3) is 0.250. The van der Waals surface area contributed by atoms with E-state index in [-0.39, 0.29) is 5.88 Å². The predicted molar refractivity (Wildman–Crippen MR) is 93.9 cm³/mol. The highest BCUT2D eigenvalue weighted by Gasteiger charge is 2.20. The van der Waals surface area contributed by atoms with Gasteiger partial charge in [0.25, 0.3) is 0 Å². The molecule has 0 radical (unpaired) electrons. The van der Waals surface area contributed by atoms with E-state index >= 15 is 0 Å². The van der Waals surface area contributed by atoms with E-state index in [0.29, 0.717) is 5.92 Å². The Labute approximate surface area is 137 Å². The van der Waals surface area contributed by atoms with Gasteiger partial charge in [0.15, 0.2) is 0 Å². The second kappa shape index (κ2) is 6.29. The van der Waals surface area contributed by atoms with E-state index in [1.54, 1.807) is 4.68 Å². The van der Waals surface area contributed by atoms with Crippen LogP contribution in [0.25, 0.3) is 16.9 Å². The van der Waals surface area contributed by atoms with Crippen LogP contribution in [0.1, 0.15) is 25.0 Å². The van der Waals surface area contributed by atoms with Gasteiger partial charge in [-0.05, 0) is 31.4 Å². The smallest absolute Gasteiger partial charge is 0.218 e. The maximum absolute atomic E-state index is 10.7. The molecule has 0 aliphatic rings. The van der Waals surface area contributed by atoms with Crippen LogP contribution in [0.15, 0.2) is 54.6 Å². The van der Waals surface area contributed by atoms with Crippen molar-refractivity contribution >= 4 is 0 Å². The van der Waals surface area contributed by atoms with Crippen molar-refractivity contribution in [1.82, 2.24) is 9.78 Å². The quantitative estimate of drug-likeness (QED) is 0.755. The summed E-state index contributed by atoms with van der Waals surface area (Å²) in [5.74, 6) is 0.681. The fourth-order valence-electron chi connectivity index (χ4n) is 2.73. The minimum atomic E-state index is 0.237. The van der Waals surface area contributed by atoms with Crippen molar-refractivity contribution in [3.05, 3.63) is 65.7 Å². The van der Waals surface area contributed by atoms with Gasteiger partial charge in [0, 0.05) is 11.1 Å². The Kier molecular flexibility index (Phi) is 4.20. The van der Waals surface area contributed by atoms with E-state index in [9.17, 15) is 5.11 Å². The molecule has 0 saturated heterocycles. The van der Waals surface area contributed by atoms with Crippen LogP contribution in [-0.4, -0.2) is 14.9 Å². The molecule has 23 heavy (non-hydrogen) atoms. The summed E-state index contributed by atoms with van der Waals surface area (Å²) in [5.41, 5.74) is 4.86. The molecule has 3 aromatic rings. The van der Waals surface area contributed by atoms with Crippen LogP contribution in [0.4, 0.5) is 0 Å². The molecule has 0 atom stereocenters. The number of hydrogen-bond acceptors (Lipinski definition) is 2. The summed E-state index contributed by atoms with van der Waals surface area (Å²) >= 11 is 0. The molecule has 1 heterocycles. The second-order valence-corrected chi connectivity index (χ2v) is 6.36. The lowest BCUT2D eigenvalue weighted by Gasteiger charge is -2.06. The molecule has 0 aliphatic carbocycles. The third-order valence-corrected chi connectivity index (χ3v) is 3.89.